The van der Waals surface area contributed by atoms with Gasteiger partial charge in [-0.2, -0.15) is 11.8 Å². The number of hydrogen-bond acceptors (Lipinski definition) is 4. The number of amides is 2. The number of hydrogen-bond donors (Lipinski definition) is 2. The van der Waals surface area contributed by atoms with Crippen LogP contribution in [0.4, 0.5) is 4.79 Å². The maximum Gasteiger partial charge on any atom is 0.334 e. The minimum absolute atomic E-state index is 0.00883. The largest absolute Gasteiger partial charge is 0.479 e. The molecule has 1 aliphatic rings. The fraction of sp³-hybridized carbons (Fsp3) is 0.818. The minimum atomic E-state index is -1.07. The molecule has 0 aromatic heterocycles. The van der Waals surface area contributed by atoms with E-state index in [9.17, 15) is 9.59 Å². The molecule has 1 aliphatic heterocycles. The van der Waals surface area contributed by atoms with Gasteiger partial charge in [0.15, 0.2) is 6.10 Å². The van der Waals surface area contributed by atoms with Crippen LogP contribution in [-0.2, 0) is 9.53 Å². The second-order valence-electron chi connectivity index (χ2n) is 4.10. The van der Waals surface area contributed by atoms with Gasteiger partial charge in [0.2, 0.25) is 0 Å². The van der Waals surface area contributed by atoms with Gasteiger partial charge in [-0.3, -0.25) is 0 Å². The van der Waals surface area contributed by atoms with Crippen LogP contribution in [0, 0.1) is 0 Å². The Morgan fingerprint density at radius 1 is 1.61 bits per heavy atom. The zero-order chi connectivity index (χ0) is 13.5. The van der Waals surface area contributed by atoms with E-state index in [1.807, 2.05) is 11.8 Å². The Morgan fingerprint density at radius 2 is 2.33 bits per heavy atom. The highest BCUT2D eigenvalue weighted by atomic mass is 32.2. The number of aliphatic carboxylic acids is 1. The second-order valence-corrected chi connectivity index (χ2v) is 5.50. The first-order chi connectivity index (χ1) is 8.58. The molecule has 0 radical (unpaired) electrons. The topological polar surface area (TPSA) is 78.9 Å². The van der Waals surface area contributed by atoms with Crippen molar-refractivity contribution in [3.8, 4) is 0 Å². The van der Waals surface area contributed by atoms with Crippen molar-refractivity contribution in [2.75, 3.05) is 32.5 Å². The summed E-state index contributed by atoms with van der Waals surface area (Å²) < 4.78 is 4.75. The number of rotatable bonds is 5. The first kappa shape index (κ1) is 15.1. The van der Waals surface area contributed by atoms with E-state index in [4.69, 9.17) is 9.84 Å². The zero-order valence-electron chi connectivity index (χ0n) is 10.7. The van der Waals surface area contributed by atoms with Gasteiger partial charge in [-0.25, -0.2) is 9.59 Å². The number of urea groups is 1. The predicted octanol–water partition coefficient (Wildman–Crippen LogP) is 0.623. The van der Waals surface area contributed by atoms with E-state index in [1.165, 1.54) is 7.11 Å². The van der Waals surface area contributed by atoms with Crippen LogP contribution in [0.2, 0.25) is 0 Å². The van der Waals surface area contributed by atoms with Gasteiger partial charge in [0.25, 0.3) is 0 Å². The molecule has 2 unspecified atom stereocenters. The fourth-order valence-electron chi connectivity index (χ4n) is 1.71. The molecule has 18 heavy (non-hydrogen) atoms. The van der Waals surface area contributed by atoms with Gasteiger partial charge >= 0.3 is 12.0 Å². The number of methoxy groups -OCH3 is 1. The van der Waals surface area contributed by atoms with Gasteiger partial charge in [0.05, 0.1) is 6.54 Å². The lowest BCUT2D eigenvalue weighted by Gasteiger charge is -2.32. The van der Waals surface area contributed by atoms with Crippen molar-refractivity contribution < 1.29 is 19.4 Å². The van der Waals surface area contributed by atoms with Gasteiger partial charge in [0, 0.05) is 31.2 Å². The average Bonchev–Trinajstić information content (AvgIpc) is 2.38. The number of ether oxygens (including phenoxy) is 1. The molecule has 1 heterocycles. The lowest BCUT2D eigenvalue weighted by molar-refractivity contribution is -0.148. The molecule has 2 amide bonds. The summed E-state index contributed by atoms with van der Waals surface area (Å²) in [5, 5.41) is 11.9. The van der Waals surface area contributed by atoms with Crippen LogP contribution in [0.5, 0.6) is 0 Å². The minimum Gasteiger partial charge on any atom is -0.479 e. The maximum atomic E-state index is 11.9. The molecule has 1 saturated heterocycles. The van der Waals surface area contributed by atoms with Crippen molar-refractivity contribution in [1.82, 2.24) is 10.2 Å². The van der Waals surface area contributed by atoms with Crippen molar-refractivity contribution >= 4 is 23.8 Å². The Morgan fingerprint density at radius 3 is 2.89 bits per heavy atom. The van der Waals surface area contributed by atoms with Crippen LogP contribution in [-0.4, -0.2) is 65.9 Å². The van der Waals surface area contributed by atoms with Crippen LogP contribution in [0.1, 0.15) is 13.3 Å². The van der Waals surface area contributed by atoms with E-state index in [2.05, 4.69) is 12.2 Å². The highest BCUT2D eigenvalue weighted by Gasteiger charge is 2.24. The zero-order valence-corrected chi connectivity index (χ0v) is 11.5. The van der Waals surface area contributed by atoms with Crippen molar-refractivity contribution in [1.29, 1.82) is 0 Å². The van der Waals surface area contributed by atoms with Crippen LogP contribution >= 0.6 is 11.8 Å². The molecule has 0 aliphatic carbocycles. The third-order valence-electron chi connectivity index (χ3n) is 2.88. The molecule has 2 N–H and O–H groups in total. The van der Waals surface area contributed by atoms with Crippen molar-refractivity contribution in [2.45, 2.75) is 24.7 Å². The molecule has 0 saturated carbocycles. The van der Waals surface area contributed by atoms with Crippen LogP contribution in [0.25, 0.3) is 0 Å². The predicted molar refractivity (Wildman–Crippen MR) is 69.9 cm³/mol. The molecular weight excluding hydrogens is 256 g/mol. The molecule has 2 atom stereocenters. The quantitative estimate of drug-likeness (QED) is 0.769. The van der Waals surface area contributed by atoms with Gasteiger partial charge < -0.3 is 20.1 Å². The van der Waals surface area contributed by atoms with E-state index in [1.54, 1.807) is 4.90 Å². The van der Waals surface area contributed by atoms with E-state index in [-0.39, 0.29) is 12.6 Å². The molecule has 0 aromatic carbocycles. The molecule has 6 nitrogen and oxygen atoms in total. The summed E-state index contributed by atoms with van der Waals surface area (Å²) in [6.45, 7) is 3.52. The Balaban J connectivity index is 2.38. The lowest BCUT2D eigenvalue weighted by Crippen LogP contribution is -2.49. The van der Waals surface area contributed by atoms with Gasteiger partial charge in [-0.05, 0) is 6.42 Å². The number of nitrogens with one attached hydrogen (secondary N) is 1. The molecule has 0 bridgehead atoms. The summed E-state index contributed by atoms with van der Waals surface area (Å²) >= 11 is 1.88. The van der Waals surface area contributed by atoms with Crippen LogP contribution < -0.4 is 5.32 Å². The van der Waals surface area contributed by atoms with E-state index in [0.717, 1.165) is 18.7 Å². The third kappa shape index (κ3) is 4.38. The van der Waals surface area contributed by atoms with Crippen molar-refractivity contribution in [2.24, 2.45) is 0 Å². The molecule has 1 rings (SSSR count). The lowest BCUT2D eigenvalue weighted by atomic mass is 10.3. The SMILES string of the molecule is CCC1CN(C(=O)NCC(OC)C(=O)O)CCS1. The van der Waals surface area contributed by atoms with Crippen LogP contribution in [0.15, 0.2) is 0 Å². The first-order valence-corrected chi connectivity index (χ1v) is 7.03. The number of carboxylic acids is 1. The molecule has 0 spiro atoms. The first-order valence-electron chi connectivity index (χ1n) is 5.98. The molecular formula is C11H20N2O4S. The number of nitrogens with zero attached hydrogens (tertiary/aromatic N) is 1. The number of thioether (sulfide) groups is 1. The Labute approximate surface area is 111 Å². The Hall–Kier alpha value is -0.950. The fourth-order valence-corrected chi connectivity index (χ4v) is 2.89. The number of carbonyl (C=O) groups is 2. The summed E-state index contributed by atoms with van der Waals surface area (Å²) in [7, 11) is 1.32. The summed E-state index contributed by atoms with van der Waals surface area (Å²) in [6.07, 6.45) is 0.0414. The maximum absolute atomic E-state index is 11.9. The highest BCUT2D eigenvalue weighted by Crippen LogP contribution is 2.20. The van der Waals surface area contributed by atoms with Gasteiger partial charge in [-0.15, -0.1) is 0 Å². The summed E-state index contributed by atoms with van der Waals surface area (Å²) in [4.78, 5) is 24.3. The van der Waals surface area contributed by atoms with E-state index >= 15 is 0 Å². The van der Waals surface area contributed by atoms with Gasteiger partial charge in [-0.1, -0.05) is 6.92 Å². The highest BCUT2D eigenvalue weighted by molar-refractivity contribution is 8.00. The van der Waals surface area contributed by atoms with Crippen molar-refractivity contribution in [3.63, 3.8) is 0 Å². The molecule has 0 aromatic rings. The number of carboxylic acid groups (broad SMARTS) is 1. The van der Waals surface area contributed by atoms with E-state index < -0.39 is 12.1 Å². The Kier molecular flexibility index (Phi) is 6.28. The van der Waals surface area contributed by atoms with Crippen molar-refractivity contribution in [3.05, 3.63) is 0 Å². The summed E-state index contributed by atoms with van der Waals surface area (Å²) in [6, 6.07) is -0.211. The number of carbonyl (C=O) groups excluding carboxylic acids is 1. The third-order valence-corrected chi connectivity index (χ3v) is 4.25. The normalized spacial score (nSPS) is 21.4. The summed E-state index contributed by atoms with van der Waals surface area (Å²) in [5.41, 5.74) is 0. The second kappa shape index (κ2) is 7.48. The smallest absolute Gasteiger partial charge is 0.334 e. The standard InChI is InChI=1S/C11H20N2O4S/c1-3-8-7-13(4-5-18-8)11(16)12-6-9(17-2)10(14)15/h8-9H,3-7H2,1-2H3,(H,12,16)(H,14,15). The molecule has 1 fully saturated rings. The summed E-state index contributed by atoms with van der Waals surface area (Å²) in [5.74, 6) is -0.142. The Bertz CT molecular complexity index is 301. The van der Waals surface area contributed by atoms with Crippen LogP contribution in [0.3, 0.4) is 0 Å². The molecule has 7 heteroatoms. The monoisotopic (exact) mass is 276 g/mol. The average molecular weight is 276 g/mol. The molecule has 104 valence electrons. The van der Waals surface area contributed by atoms with E-state index in [0.29, 0.717) is 11.8 Å². The van der Waals surface area contributed by atoms with Gasteiger partial charge in [0.1, 0.15) is 0 Å².